The van der Waals surface area contributed by atoms with Crippen molar-refractivity contribution in [2.75, 3.05) is 0 Å². The number of fused-ring (bicyclic) bond motifs is 3. The van der Waals surface area contributed by atoms with Gasteiger partial charge in [-0.05, 0) is 37.0 Å². The van der Waals surface area contributed by atoms with Crippen LogP contribution in [-0.2, 0) is 17.8 Å². The highest BCUT2D eigenvalue weighted by atomic mass is 16.1. The van der Waals surface area contributed by atoms with Gasteiger partial charge in [0.2, 0.25) is 5.91 Å². The first-order chi connectivity index (χ1) is 13.8. The van der Waals surface area contributed by atoms with Crippen LogP contribution in [0.3, 0.4) is 0 Å². The first kappa shape index (κ1) is 16.7. The van der Waals surface area contributed by atoms with Gasteiger partial charge in [-0.25, -0.2) is 9.97 Å². The molecule has 0 fully saturated rings. The average Bonchev–Trinajstić information content (AvgIpc) is 3.40. The molecular weight excluding hydrogens is 350 g/mol. The molecule has 140 valence electrons. The Morgan fingerprint density at radius 2 is 2.14 bits per heavy atom. The van der Waals surface area contributed by atoms with Gasteiger partial charge in [0.15, 0.2) is 0 Å². The van der Waals surface area contributed by atoms with E-state index in [0.29, 0.717) is 6.54 Å². The lowest BCUT2D eigenvalue weighted by Gasteiger charge is -2.22. The van der Waals surface area contributed by atoms with Crippen molar-refractivity contribution < 1.29 is 4.79 Å². The van der Waals surface area contributed by atoms with Crippen LogP contribution in [0.2, 0.25) is 0 Å². The largest absolute Gasteiger partial charge is 0.357 e. The van der Waals surface area contributed by atoms with Crippen molar-refractivity contribution >= 4 is 16.8 Å². The van der Waals surface area contributed by atoms with Crippen molar-refractivity contribution in [3.63, 3.8) is 0 Å². The van der Waals surface area contributed by atoms with Gasteiger partial charge < -0.3 is 10.3 Å². The molecule has 0 bridgehead atoms. The Morgan fingerprint density at radius 1 is 1.21 bits per heavy atom. The zero-order chi connectivity index (χ0) is 18.9. The van der Waals surface area contributed by atoms with Crippen LogP contribution in [0.1, 0.15) is 35.6 Å². The first-order valence-corrected chi connectivity index (χ1v) is 9.60. The van der Waals surface area contributed by atoms with Crippen molar-refractivity contribution in [3.05, 3.63) is 78.1 Å². The Balaban J connectivity index is 1.38. The lowest BCUT2D eigenvalue weighted by atomic mass is 9.86. The summed E-state index contributed by atoms with van der Waals surface area (Å²) < 4.78 is 1.86. The summed E-state index contributed by atoms with van der Waals surface area (Å²) in [5.74, 6) is 0.715. The second-order valence-corrected chi connectivity index (χ2v) is 7.18. The molecule has 0 radical (unpaired) electrons. The number of aromatic amines is 1. The number of para-hydroxylation sites is 1. The number of carbonyl (C=O) groups excluding carboxylic acids is 1. The van der Waals surface area contributed by atoms with Crippen molar-refractivity contribution in [1.29, 1.82) is 0 Å². The fourth-order valence-electron chi connectivity index (χ4n) is 4.17. The van der Waals surface area contributed by atoms with Gasteiger partial charge in [0.25, 0.3) is 0 Å². The number of hydrogen-bond donors (Lipinski definition) is 2. The number of imidazole rings is 1. The van der Waals surface area contributed by atoms with Crippen LogP contribution in [0, 0.1) is 0 Å². The number of aromatic nitrogens is 4. The summed E-state index contributed by atoms with van der Waals surface area (Å²) in [5, 5.41) is 4.36. The summed E-state index contributed by atoms with van der Waals surface area (Å²) in [4.78, 5) is 25.1. The predicted octanol–water partition coefficient (Wildman–Crippen LogP) is 3.48. The third kappa shape index (κ3) is 2.87. The zero-order valence-electron chi connectivity index (χ0n) is 15.4. The predicted molar refractivity (Wildman–Crippen MR) is 107 cm³/mol. The molecule has 0 spiro atoms. The van der Waals surface area contributed by atoms with Crippen LogP contribution >= 0.6 is 0 Å². The number of nitrogens with zero attached hydrogens (tertiary/aromatic N) is 3. The van der Waals surface area contributed by atoms with E-state index in [4.69, 9.17) is 0 Å². The number of benzene rings is 1. The minimum absolute atomic E-state index is 0.0629. The van der Waals surface area contributed by atoms with Gasteiger partial charge in [-0.3, -0.25) is 9.36 Å². The molecule has 5 rings (SSSR count). The van der Waals surface area contributed by atoms with Gasteiger partial charge >= 0.3 is 0 Å². The molecule has 1 aliphatic rings. The van der Waals surface area contributed by atoms with E-state index in [9.17, 15) is 4.79 Å². The molecule has 3 aromatic heterocycles. The maximum atomic E-state index is 13.0. The van der Waals surface area contributed by atoms with Gasteiger partial charge in [0.1, 0.15) is 12.1 Å². The van der Waals surface area contributed by atoms with Crippen LogP contribution in [0.4, 0.5) is 0 Å². The Kier molecular flexibility index (Phi) is 4.16. The fraction of sp³-hybridized carbons (Fsp3) is 0.227. The maximum absolute atomic E-state index is 13.0. The van der Waals surface area contributed by atoms with Crippen molar-refractivity contribution in [1.82, 2.24) is 24.8 Å². The number of rotatable bonds is 4. The maximum Gasteiger partial charge on any atom is 0.229 e. The Labute approximate surface area is 162 Å². The van der Waals surface area contributed by atoms with Crippen LogP contribution in [-0.4, -0.2) is 25.4 Å². The zero-order valence-corrected chi connectivity index (χ0v) is 15.4. The normalized spacial score (nSPS) is 16.1. The molecule has 0 saturated heterocycles. The molecule has 2 N–H and O–H groups in total. The molecule has 1 aromatic carbocycles. The van der Waals surface area contributed by atoms with Crippen LogP contribution < -0.4 is 5.32 Å². The van der Waals surface area contributed by atoms with Gasteiger partial charge in [-0.15, -0.1) is 0 Å². The van der Waals surface area contributed by atoms with Crippen LogP contribution in [0.15, 0.2) is 61.3 Å². The third-order valence-electron chi connectivity index (χ3n) is 5.50. The van der Waals surface area contributed by atoms with E-state index in [1.54, 1.807) is 18.7 Å². The highest BCUT2D eigenvalue weighted by molar-refractivity contribution is 5.90. The highest BCUT2D eigenvalue weighted by Crippen LogP contribution is 2.36. The van der Waals surface area contributed by atoms with Crippen molar-refractivity contribution in [2.45, 2.75) is 31.7 Å². The minimum Gasteiger partial charge on any atom is -0.357 e. The summed E-state index contributed by atoms with van der Waals surface area (Å²) in [6.45, 7) is 0.437. The quantitative estimate of drug-likeness (QED) is 0.577. The number of aryl methyl sites for hydroxylation is 1. The molecular formula is C22H21N5O. The van der Waals surface area contributed by atoms with Gasteiger partial charge in [-0.2, -0.15) is 0 Å². The molecule has 0 unspecified atom stereocenters. The van der Waals surface area contributed by atoms with Crippen LogP contribution in [0.5, 0.6) is 0 Å². The third-order valence-corrected chi connectivity index (χ3v) is 5.50. The van der Waals surface area contributed by atoms with E-state index >= 15 is 0 Å². The lowest BCUT2D eigenvalue weighted by molar-refractivity contribution is -0.123. The molecule has 28 heavy (non-hydrogen) atoms. The topological polar surface area (TPSA) is 75.6 Å². The monoisotopic (exact) mass is 371 g/mol. The number of hydrogen-bond acceptors (Lipinski definition) is 3. The molecule has 0 saturated carbocycles. The Bertz CT molecular complexity index is 1130. The van der Waals surface area contributed by atoms with E-state index in [1.807, 2.05) is 29.0 Å². The number of pyridine rings is 1. The minimum atomic E-state index is -0.135. The number of nitrogens with one attached hydrogen (secondary N) is 2. The molecule has 6 nitrogen and oxygen atoms in total. The summed E-state index contributed by atoms with van der Waals surface area (Å²) in [6, 6.07) is 12.2. The summed E-state index contributed by atoms with van der Waals surface area (Å²) in [5.41, 5.74) is 4.44. The molecule has 1 aliphatic carbocycles. The molecule has 4 aromatic rings. The van der Waals surface area contributed by atoms with Crippen molar-refractivity contribution in [2.24, 2.45) is 0 Å². The standard InChI is InChI=1S/C22H21N5O/c28-22(25-13-15-5-4-10-24-21(15)27-12-11-23-14-27)18-8-3-7-17-16-6-1-2-9-19(16)26-20(17)18/h1-2,4-6,9-12,14,18,26H,3,7-8,13H2,(H,25,28)/t18-/m0/s1. The summed E-state index contributed by atoms with van der Waals surface area (Å²) >= 11 is 0. The summed E-state index contributed by atoms with van der Waals surface area (Å²) in [7, 11) is 0. The lowest BCUT2D eigenvalue weighted by Crippen LogP contribution is -2.31. The van der Waals surface area contributed by atoms with Gasteiger partial charge in [-0.1, -0.05) is 24.3 Å². The highest BCUT2D eigenvalue weighted by Gasteiger charge is 2.29. The van der Waals surface area contributed by atoms with Crippen LogP contribution in [0.25, 0.3) is 16.7 Å². The Hall–Kier alpha value is -3.41. The molecule has 1 amide bonds. The summed E-state index contributed by atoms with van der Waals surface area (Å²) in [6.07, 6.45) is 9.95. The molecule has 6 heteroatoms. The molecule has 3 heterocycles. The number of carbonyl (C=O) groups is 1. The smallest absolute Gasteiger partial charge is 0.229 e. The number of H-pyrrole nitrogens is 1. The fourth-order valence-corrected chi connectivity index (χ4v) is 4.17. The van der Waals surface area contributed by atoms with E-state index < -0.39 is 0 Å². The molecule has 0 aliphatic heterocycles. The van der Waals surface area contributed by atoms with Gasteiger partial charge in [0, 0.05) is 47.3 Å². The van der Waals surface area contributed by atoms with E-state index in [2.05, 4.69) is 38.5 Å². The van der Waals surface area contributed by atoms with E-state index in [-0.39, 0.29) is 11.8 Å². The van der Waals surface area contributed by atoms with Crippen molar-refractivity contribution in [3.8, 4) is 5.82 Å². The first-order valence-electron chi connectivity index (χ1n) is 9.60. The number of amides is 1. The molecule has 1 atom stereocenters. The average molecular weight is 371 g/mol. The second-order valence-electron chi connectivity index (χ2n) is 7.18. The second kappa shape index (κ2) is 6.96. The van der Waals surface area contributed by atoms with Gasteiger partial charge in [0.05, 0.1) is 5.92 Å². The van der Waals surface area contributed by atoms with E-state index in [0.717, 1.165) is 41.9 Å². The SMILES string of the molecule is O=C(NCc1cccnc1-n1ccnc1)[C@H]1CCCc2c1[nH]c1ccccc21. The Morgan fingerprint density at radius 3 is 3.04 bits per heavy atom. The van der Waals surface area contributed by atoms with E-state index in [1.165, 1.54) is 10.9 Å².